The molecule has 0 atom stereocenters. The number of ether oxygens (including phenoxy) is 1. The van der Waals surface area contributed by atoms with Crippen LogP contribution in [0.5, 0.6) is 11.5 Å². The van der Waals surface area contributed by atoms with Crippen molar-refractivity contribution in [2.75, 3.05) is 7.11 Å². The van der Waals surface area contributed by atoms with E-state index >= 15 is 0 Å². The van der Waals surface area contributed by atoms with Crippen LogP contribution in [0.1, 0.15) is 0 Å². The lowest BCUT2D eigenvalue weighted by atomic mass is 10.3. The van der Waals surface area contributed by atoms with Gasteiger partial charge in [0, 0.05) is 0 Å². The molecule has 1 aromatic rings. The molecule has 0 heterocycles. The predicted molar refractivity (Wildman–Crippen MR) is 42.4 cm³/mol. The summed E-state index contributed by atoms with van der Waals surface area (Å²) in [7, 11) is 1.51. The molecule has 0 radical (unpaired) electrons. The topological polar surface area (TPSA) is 29.5 Å². The van der Waals surface area contributed by atoms with Crippen LogP contribution < -0.4 is 4.74 Å². The molecular weight excluding hydrogens is 196 g/mol. The zero-order valence-corrected chi connectivity index (χ0v) is 7.05. The molecule has 2 nitrogen and oxygen atoms in total. The van der Waals surface area contributed by atoms with E-state index in [-0.39, 0.29) is 5.75 Å². The molecule has 0 unspecified atom stereocenters. The van der Waals surface area contributed by atoms with Gasteiger partial charge in [-0.05, 0) is 28.1 Å². The van der Waals surface area contributed by atoms with E-state index in [4.69, 9.17) is 9.84 Å². The molecule has 0 aliphatic rings. The highest BCUT2D eigenvalue weighted by Gasteiger charge is 2.02. The summed E-state index contributed by atoms with van der Waals surface area (Å²) in [4.78, 5) is 0. The van der Waals surface area contributed by atoms with E-state index in [1.54, 1.807) is 18.2 Å². The first-order valence-electron chi connectivity index (χ1n) is 2.77. The second-order valence-corrected chi connectivity index (χ2v) is 2.65. The number of hydrogen-bond donors (Lipinski definition) is 1. The number of benzene rings is 1. The van der Waals surface area contributed by atoms with Crippen molar-refractivity contribution < 1.29 is 9.84 Å². The van der Waals surface area contributed by atoms with Gasteiger partial charge in [-0.25, -0.2) is 0 Å². The Morgan fingerprint density at radius 1 is 1.50 bits per heavy atom. The van der Waals surface area contributed by atoms with Crippen molar-refractivity contribution in [3.05, 3.63) is 22.7 Å². The molecule has 0 saturated heterocycles. The summed E-state index contributed by atoms with van der Waals surface area (Å²) in [6.45, 7) is 0. The third kappa shape index (κ3) is 1.24. The molecule has 54 valence electrons. The molecule has 0 spiro atoms. The molecule has 0 amide bonds. The van der Waals surface area contributed by atoms with E-state index in [1.807, 2.05) is 0 Å². The minimum Gasteiger partial charge on any atom is -0.504 e. The molecule has 0 aromatic heterocycles. The normalized spacial score (nSPS) is 9.40. The summed E-state index contributed by atoms with van der Waals surface area (Å²) >= 11 is 3.22. The van der Waals surface area contributed by atoms with Crippen molar-refractivity contribution in [3.8, 4) is 11.5 Å². The Kier molecular flexibility index (Phi) is 2.17. The Hall–Kier alpha value is -0.700. The molecule has 0 aliphatic carbocycles. The number of phenolic OH excluding ortho intramolecular Hbond substituents is 1. The minimum atomic E-state index is 0.150. The molecule has 0 aliphatic heterocycles. The van der Waals surface area contributed by atoms with Crippen LogP contribution in [0.3, 0.4) is 0 Å². The maximum atomic E-state index is 9.14. The lowest BCUT2D eigenvalue weighted by Crippen LogP contribution is -1.83. The van der Waals surface area contributed by atoms with Gasteiger partial charge in [0.1, 0.15) is 0 Å². The SMILES string of the molecule is COc1c(O)cccc1Br. The Bertz CT molecular complexity index is 215. The molecule has 0 bridgehead atoms. The molecule has 10 heavy (non-hydrogen) atoms. The molecule has 1 rings (SSSR count). The van der Waals surface area contributed by atoms with Crippen LogP contribution in [-0.2, 0) is 0 Å². The van der Waals surface area contributed by atoms with Crippen LogP contribution in [0.15, 0.2) is 22.7 Å². The van der Waals surface area contributed by atoms with E-state index in [1.165, 1.54) is 7.11 Å². The Morgan fingerprint density at radius 2 is 2.20 bits per heavy atom. The maximum absolute atomic E-state index is 9.14. The molecule has 1 N–H and O–H groups in total. The highest BCUT2D eigenvalue weighted by atomic mass is 79.9. The second kappa shape index (κ2) is 2.92. The minimum absolute atomic E-state index is 0.150. The summed E-state index contributed by atoms with van der Waals surface area (Å²) in [5, 5.41) is 9.14. The average molecular weight is 203 g/mol. The second-order valence-electron chi connectivity index (χ2n) is 1.79. The van der Waals surface area contributed by atoms with Gasteiger partial charge in [0.2, 0.25) is 0 Å². The first-order chi connectivity index (χ1) is 4.75. The van der Waals surface area contributed by atoms with Crippen LogP contribution >= 0.6 is 15.9 Å². The first kappa shape index (κ1) is 7.41. The van der Waals surface area contributed by atoms with Gasteiger partial charge in [-0.3, -0.25) is 0 Å². The van der Waals surface area contributed by atoms with Gasteiger partial charge in [0.15, 0.2) is 11.5 Å². The van der Waals surface area contributed by atoms with Crippen molar-refractivity contribution in [3.63, 3.8) is 0 Å². The van der Waals surface area contributed by atoms with Crippen molar-refractivity contribution in [1.29, 1.82) is 0 Å². The number of aromatic hydroxyl groups is 1. The zero-order valence-electron chi connectivity index (χ0n) is 5.47. The Labute approximate surface area is 67.6 Å². The van der Waals surface area contributed by atoms with Gasteiger partial charge in [-0.2, -0.15) is 0 Å². The van der Waals surface area contributed by atoms with Crippen molar-refractivity contribution in [2.24, 2.45) is 0 Å². The summed E-state index contributed by atoms with van der Waals surface area (Å²) in [5.74, 6) is 0.624. The smallest absolute Gasteiger partial charge is 0.174 e. The van der Waals surface area contributed by atoms with Crippen LogP contribution in [0.25, 0.3) is 0 Å². The third-order valence-corrected chi connectivity index (χ3v) is 1.77. The van der Waals surface area contributed by atoms with E-state index < -0.39 is 0 Å². The van der Waals surface area contributed by atoms with Crippen LogP contribution in [0, 0.1) is 0 Å². The van der Waals surface area contributed by atoms with Crippen LogP contribution in [0.2, 0.25) is 0 Å². The van der Waals surface area contributed by atoms with Gasteiger partial charge < -0.3 is 9.84 Å². The number of rotatable bonds is 1. The van der Waals surface area contributed by atoms with Crippen molar-refractivity contribution in [2.45, 2.75) is 0 Å². The average Bonchev–Trinajstić information content (AvgIpc) is 1.88. The van der Waals surface area contributed by atoms with Gasteiger partial charge >= 0.3 is 0 Å². The number of hydrogen-bond acceptors (Lipinski definition) is 2. The number of phenols is 1. The maximum Gasteiger partial charge on any atom is 0.174 e. The number of halogens is 1. The van der Waals surface area contributed by atoms with E-state index in [0.717, 1.165) is 4.47 Å². The van der Waals surface area contributed by atoms with E-state index in [0.29, 0.717) is 5.75 Å². The number of para-hydroxylation sites is 1. The highest BCUT2D eigenvalue weighted by Crippen LogP contribution is 2.33. The predicted octanol–water partition coefficient (Wildman–Crippen LogP) is 2.16. The molecule has 1 aromatic carbocycles. The Morgan fingerprint density at radius 3 is 2.60 bits per heavy atom. The summed E-state index contributed by atoms with van der Waals surface area (Å²) in [5.41, 5.74) is 0. The summed E-state index contributed by atoms with van der Waals surface area (Å²) in [6.07, 6.45) is 0. The van der Waals surface area contributed by atoms with Crippen molar-refractivity contribution >= 4 is 15.9 Å². The van der Waals surface area contributed by atoms with Gasteiger partial charge in [0.25, 0.3) is 0 Å². The van der Waals surface area contributed by atoms with E-state index in [9.17, 15) is 0 Å². The molecule has 3 heteroatoms. The fourth-order valence-electron chi connectivity index (χ4n) is 0.700. The zero-order chi connectivity index (χ0) is 7.56. The molecular formula is C7H7BrO2. The first-order valence-corrected chi connectivity index (χ1v) is 3.56. The van der Waals surface area contributed by atoms with Gasteiger partial charge in [0.05, 0.1) is 11.6 Å². The lowest BCUT2D eigenvalue weighted by Gasteiger charge is -2.03. The standard InChI is InChI=1S/C7H7BrO2/c1-10-7-5(8)3-2-4-6(7)9/h2-4,9H,1H3. The van der Waals surface area contributed by atoms with Gasteiger partial charge in [-0.1, -0.05) is 6.07 Å². The fraction of sp³-hybridized carbons (Fsp3) is 0.143. The highest BCUT2D eigenvalue weighted by molar-refractivity contribution is 9.10. The lowest BCUT2D eigenvalue weighted by molar-refractivity contribution is 0.371. The Balaban J connectivity index is 3.17. The van der Waals surface area contributed by atoms with E-state index in [2.05, 4.69) is 15.9 Å². The number of methoxy groups -OCH3 is 1. The van der Waals surface area contributed by atoms with Crippen molar-refractivity contribution in [1.82, 2.24) is 0 Å². The summed E-state index contributed by atoms with van der Waals surface area (Å²) < 4.78 is 5.64. The largest absolute Gasteiger partial charge is 0.504 e. The summed E-state index contributed by atoms with van der Waals surface area (Å²) in [6, 6.07) is 5.12. The quantitative estimate of drug-likeness (QED) is 0.757. The molecule has 0 fully saturated rings. The van der Waals surface area contributed by atoms with Crippen LogP contribution in [0.4, 0.5) is 0 Å². The monoisotopic (exact) mass is 202 g/mol. The third-order valence-electron chi connectivity index (χ3n) is 1.15. The molecule has 0 saturated carbocycles. The fourth-order valence-corrected chi connectivity index (χ4v) is 1.22. The van der Waals surface area contributed by atoms with Gasteiger partial charge in [-0.15, -0.1) is 0 Å². The van der Waals surface area contributed by atoms with Crippen LogP contribution in [-0.4, -0.2) is 12.2 Å².